The lowest BCUT2D eigenvalue weighted by molar-refractivity contribution is 0.348. The Hall–Kier alpha value is -0.830. The summed E-state index contributed by atoms with van der Waals surface area (Å²) in [5, 5.41) is 0. The standard InChI is InChI=1S/C11H12BrNO/c1-7-3-4-9(8(2)10(7)12)11-13-5-6-14-11/h3-4H,5-6H2,1-2H3. The zero-order valence-corrected chi connectivity index (χ0v) is 9.89. The molecule has 2 rings (SSSR count). The van der Waals surface area contributed by atoms with Crippen LogP contribution in [0, 0.1) is 13.8 Å². The van der Waals surface area contributed by atoms with Crippen LogP contribution in [0.3, 0.4) is 0 Å². The molecule has 14 heavy (non-hydrogen) atoms. The summed E-state index contributed by atoms with van der Waals surface area (Å²) in [6.07, 6.45) is 0. The largest absolute Gasteiger partial charge is 0.476 e. The lowest BCUT2D eigenvalue weighted by Crippen LogP contribution is -2.04. The maximum atomic E-state index is 5.44. The van der Waals surface area contributed by atoms with Crippen molar-refractivity contribution in [3.8, 4) is 0 Å². The van der Waals surface area contributed by atoms with E-state index in [1.54, 1.807) is 0 Å². The Morgan fingerprint density at radius 1 is 1.36 bits per heavy atom. The predicted octanol–water partition coefficient (Wildman–Crippen LogP) is 2.84. The second-order valence-corrected chi connectivity index (χ2v) is 4.20. The average molecular weight is 254 g/mol. The molecule has 1 aromatic carbocycles. The molecule has 3 heteroatoms. The van der Waals surface area contributed by atoms with Crippen molar-refractivity contribution in [2.24, 2.45) is 4.99 Å². The van der Waals surface area contributed by atoms with Crippen molar-refractivity contribution in [2.45, 2.75) is 13.8 Å². The Kier molecular flexibility index (Phi) is 2.59. The Morgan fingerprint density at radius 2 is 2.14 bits per heavy atom. The number of hydrogen-bond acceptors (Lipinski definition) is 2. The molecule has 0 spiro atoms. The molecular weight excluding hydrogens is 242 g/mol. The van der Waals surface area contributed by atoms with Crippen molar-refractivity contribution in [2.75, 3.05) is 13.2 Å². The summed E-state index contributed by atoms with van der Waals surface area (Å²) in [7, 11) is 0. The summed E-state index contributed by atoms with van der Waals surface area (Å²) in [6.45, 7) is 5.65. The summed E-state index contributed by atoms with van der Waals surface area (Å²) < 4.78 is 6.59. The van der Waals surface area contributed by atoms with Crippen molar-refractivity contribution in [1.82, 2.24) is 0 Å². The summed E-state index contributed by atoms with van der Waals surface area (Å²) in [6, 6.07) is 4.15. The summed E-state index contributed by atoms with van der Waals surface area (Å²) in [5.41, 5.74) is 3.54. The van der Waals surface area contributed by atoms with Gasteiger partial charge in [0, 0.05) is 10.0 Å². The minimum absolute atomic E-state index is 0.709. The van der Waals surface area contributed by atoms with Gasteiger partial charge in [-0.3, -0.25) is 0 Å². The SMILES string of the molecule is Cc1ccc(C2=NCCO2)c(C)c1Br. The summed E-state index contributed by atoms with van der Waals surface area (Å²) >= 11 is 3.57. The molecule has 1 aromatic rings. The first-order chi connectivity index (χ1) is 6.70. The molecule has 0 atom stereocenters. The Morgan fingerprint density at radius 3 is 2.79 bits per heavy atom. The first-order valence-corrected chi connectivity index (χ1v) is 5.43. The van der Waals surface area contributed by atoms with Gasteiger partial charge in [0.1, 0.15) is 6.61 Å². The van der Waals surface area contributed by atoms with Gasteiger partial charge < -0.3 is 4.74 Å². The van der Waals surface area contributed by atoms with Gasteiger partial charge in [-0.05, 0) is 31.0 Å². The van der Waals surface area contributed by atoms with Gasteiger partial charge >= 0.3 is 0 Å². The van der Waals surface area contributed by atoms with Crippen LogP contribution in [0.1, 0.15) is 16.7 Å². The third-order valence-electron chi connectivity index (χ3n) is 2.40. The van der Waals surface area contributed by atoms with E-state index in [1.165, 1.54) is 11.1 Å². The van der Waals surface area contributed by atoms with E-state index in [0.29, 0.717) is 6.61 Å². The highest BCUT2D eigenvalue weighted by molar-refractivity contribution is 9.10. The number of rotatable bonds is 1. The molecular formula is C11H12BrNO. The number of nitrogens with zero attached hydrogens (tertiary/aromatic N) is 1. The van der Waals surface area contributed by atoms with E-state index >= 15 is 0 Å². The van der Waals surface area contributed by atoms with Gasteiger partial charge in [-0.25, -0.2) is 4.99 Å². The number of aryl methyl sites for hydroxylation is 1. The van der Waals surface area contributed by atoms with Gasteiger partial charge in [0.25, 0.3) is 0 Å². The molecule has 0 aliphatic carbocycles. The number of aliphatic imine (C=N–C) groups is 1. The van der Waals surface area contributed by atoms with Gasteiger partial charge in [-0.15, -0.1) is 0 Å². The molecule has 0 radical (unpaired) electrons. The fraction of sp³-hybridized carbons (Fsp3) is 0.364. The number of hydrogen-bond donors (Lipinski definition) is 0. The molecule has 2 nitrogen and oxygen atoms in total. The van der Waals surface area contributed by atoms with E-state index in [2.05, 4.69) is 46.9 Å². The monoisotopic (exact) mass is 253 g/mol. The number of benzene rings is 1. The molecule has 1 aliphatic rings. The highest BCUT2D eigenvalue weighted by atomic mass is 79.9. The van der Waals surface area contributed by atoms with E-state index in [4.69, 9.17) is 4.74 Å². The van der Waals surface area contributed by atoms with Crippen LogP contribution >= 0.6 is 15.9 Å². The highest BCUT2D eigenvalue weighted by Crippen LogP contribution is 2.25. The molecule has 1 aliphatic heterocycles. The average Bonchev–Trinajstić information content (AvgIpc) is 2.67. The minimum Gasteiger partial charge on any atom is -0.476 e. The zero-order chi connectivity index (χ0) is 10.1. The van der Waals surface area contributed by atoms with Crippen molar-refractivity contribution in [1.29, 1.82) is 0 Å². The van der Waals surface area contributed by atoms with E-state index in [9.17, 15) is 0 Å². The molecule has 0 fully saturated rings. The molecule has 0 saturated heterocycles. The topological polar surface area (TPSA) is 21.6 Å². The molecule has 0 aromatic heterocycles. The zero-order valence-electron chi connectivity index (χ0n) is 8.30. The first kappa shape index (κ1) is 9.71. The molecule has 0 unspecified atom stereocenters. The van der Waals surface area contributed by atoms with E-state index in [1.807, 2.05) is 0 Å². The van der Waals surface area contributed by atoms with Crippen LogP contribution in [0.4, 0.5) is 0 Å². The Bertz CT molecular complexity index is 399. The van der Waals surface area contributed by atoms with Gasteiger partial charge in [-0.1, -0.05) is 22.0 Å². The molecule has 1 heterocycles. The summed E-state index contributed by atoms with van der Waals surface area (Å²) in [5.74, 6) is 0.781. The van der Waals surface area contributed by atoms with E-state index < -0.39 is 0 Å². The second kappa shape index (κ2) is 3.73. The van der Waals surface area contributed by atoms with Crippen LogP contribution in [0.5, 0.6) is 0 Å². The maximum Gasteiger partial charge on any atom is 0.216 e. The fourth-order valence-corrected chi connectivity index (χ4v) is 1.90. The van der Waals surface area contributed by atoms with Crippen LogP contribution in [-0.4, -0.2) is 19.0 Å². The molecule has 0 saturated carbocycles. The third-order valence-corrected chi connectivity index (χ3v) is 3.62. The second-order valence-electron chi connectivity index (χ2n) is 3.40. The third kappa shape index (κ3) is 1.57. The molecule has 0 N–H and O–H groups in total. The lowest BCUT2D eigenvalue weighted by atomic mass is 10.1. The van der Waals surface area contributed by atoms with Gasteiger partial charge in [-0.2, -0.15) is 0 Å². The van der Waals surface area contributed by atoms with Crippen LogP contribution < -0.4 is 0 Å². The summed E-state index contributed by atoms with van der Waals surface area (Å²) in [4.78, 5) is 4.31. The van der Waals surface area contributed by atoms with E-state index in [0.717, 1.165) is 22.5 Å². The van der Waals surface area contributed by atoms with Crippen LogP contribution in [0.2, 0.25) is 0 Å². The molecule has 74 valence electrons. The number of ether oxygens (including phenoxy) is 1. The normalized spacial score (nSPS) is 15.2. The number of halogens is 1. The van der Waals surface area contributed by atoms with Crippen molar-refractivity contribution < 1.29 is 4.74 Å². The Labute approximate surface area is 92.1 Å². The fourth-order valence-electron chi connectivity index (χ4n) is 1.55. The maximum absolute atomic E-state index is 5.44. The van der Waals surface area contributed by atoms with Gasteiger partial charge in [0.05, 0.1) is 6.54 Å². The highest BCUT2D eigenvalue weighted by Gasteiger charge is 2.14. The van der Waals surface area contributed by atoms with Gasteiger partial charge in [0.2, 0.25) is 5.90 Å². The lowest BCUT2D eigenvalue weighted by Gasteiger charge is -2.09. The predicted molar refractivity (Wildman–Crippen MR) is 61.0 cm³/mol. The van der Waals surface area contributed by atoms with Crippen molar-refractivity contribution >= 4 is 21.8 Å². The molecule has 0 amide bonds. The molecule has 0 bridgehead atoms. The first-order valence-electron chi connectivity index (χ1n) is 4.63. The van der Waals surface area contributed by atoms with E-state index in [-0.39, 0.29) is 0 Å². The van der Waals surface area contributed by atoms with Crippen molar-refractivity contribution in [3.05, 3.63) is 33.3 Å². The Balaban J connectivity index is 2.49. The van der Waals surface area contributed by atoms with Crippen LogP contribution in [0.25, 0.3) is 0 Å². The quantitative estimate of drug-likeness (QED) is 0.755. The van der Waals surface area contributed by atoms with Crippen LogP contribution in [0.15, 0.2) is 21.6 Å². The van der Waals surface area contributed by atoms with Crippen molar-refractivity contribution in [3.63, 3.8) is 0 Å². The smallest absolute Gasteiger partial charge is 0.216 e. The van der Waals surface area contributed by atoms with Crippen LogP contribution in [-0.2, 0) is 4.74 Å². The minimum atomic E-state index is 0.709. The van der Waals surface area contributed by atoms with Gasteiger partial charge in [0.15, 0.2) is 0 Å².